The second kappa shape index (κ2) is 7.00. The Balaban J connectivity index is 2.86. The van der Waals surface area contributed by atoms with Gasteiger partial charge in [0, 0.05) is 28.7 Å². The van der Waals surface area contributed by atoms with Gasteiger partial charge in [-0.05, 0) is 47.5 Å². The molecule has 1 unspecified atom stereocenters. The van der Waals surface area contributed by atoms with Gasteiger partial charge in [-0.25, -0.2) is 13.1 Å². The Kier molecular flexibility index (Phi) is 6.26. The van der Waals surface area contributed by atoms with Gasteiger partial charge in [-0.3, -0.25) is 0 Å². The monoisotopic (exact) mass is 399 g/mol. The number of hydrogen-bond donors (Lipinski definition) is 1. The van der Waals surface area contributed by atoms with E-state index < -0.39 is 10.0 Å². The summed E-state index contributed by atoms with van der Waals surface area (Å²) < 4.78 is 33.2. The van der Waals surface area contributed by atoms with E-state index in [4.69, 9.17) is 4.74 Å². The van der Waals surface area contributed by atoms with Crippen molar-refractivity contribution in [3.8, 4) is 0 Å². The Morgan fingerprint density at radius 1 is 1.39 bits per heavy atom. The third-order valence-electron chi connectivity index (χ3n) is 2.29. The molecule has 0 fully saturated rings. The van der Waals surface area contributed by atoms with Crippen LogP contribution in [0.2, 0.25) is 0 Å². The summed E-state index contributed by atoms with van der Waals surface area (Å²) >= 11 is 6.54. The Hall–Kier alpha value is 0.0500. The number of halogens is 2. The first kappa shape index (κ1) is 16.1. The summed E-state index contributed by atoms with van der Waals surface area (Å²) in [5.74, 6) is 0. The van der Waals surface area contributed by atoms with Gasteiger partial charge in [-0.15, -0.1) is 0 Å². The number of methoxy groups -OCH3 is 1. The first-order valence-corrected chi connectivity index (χ1v) is 8.40. The number of ether oxygens (including phenoxy) is 1. The first-order valence-electron chi connectivity index (χ1n) is 5.33. The van der Waals surface area contributed by atoms with E-state index in [1.54, 1.807) is 25.3 Å². The molecule has 0 aromatic heterocycles. The van der Waals surface area contributed by atoms with Crippen molar-refractivity contribution in [3.05, 3.63) is 27.1 Å². The summed E-state index contributed by atoms with van der Waals surface area (Å²) in [5, 5.41) is 0. The van der Waals surface area contributed by atoms with Gasteiger partial charge < -0.3 is 4.74 Å². The largest absolute Gasteiger partial charge is 0.385 e. The summed E-state index contributed by atoms with van der Waals surface area (Å²) in [6.45, 7) is 2.33. The second-order valence-corrected chi connectivity index (χ2v) is 7.33. The van der Waals surface area contributed by atoms with E-state index in [0.29, 0.717) is 17.5 Å². The third-order valence-corrected chi connectivity index (χ3v) is 5.35. The van der Waals surface area contributed by atoms with Crippen molar-refractivity contribution in [2.45, 2.75) is 24.3 Å². The third kappa shape index (κ3) is 4.62. The number of sulfonamides is 1. The molecule has 18 heavy (non-hydrogen) atoms. The van der Waals surface area contributed by atoms with E-state index in [0.717, 1.165) is 4.47 Å². The number of benzene rings is 1. The zero-order valence-corrected chi connectivity index (χ0v) is 14.1. The maximum absolute atomic E-state index is 12.1. The molecule has 0 aliphatic heterocycles. The van der Waals surface area contributed by atoms with Gasteiger partial charge >= 0.3 is 0 Å². The van der Waals surface area contributed by atoms with Crippen LogP contribution in [0.1, 0.15) is 13.3 Å². The molecule has 1 N–H and O–H groups in total. The van der Waals surface area contributed by atoms with E-state index in [2.05, 4.69) is 36.6 Å². The van der Waals surface area contributed by atoms with Gasteiger partial charge in [0.1, 0.15) is 0 Å². The first-order chi connectivity index (χ1) is 8.36. The average molecular weight is 401 g/mol. The molecule has 0 saturated heterocycles. The summed E-state index contributed by atoms with van der Waals surface area (Å²) in [5.41, 5.74) is 0. The molecule has 0 aliphatic rings. The van der Waals surface area contributed by atoms with Crippen molar-refractivity contribution in [2.75, 3.05) is 13.7 Å². The van der Waals surface area contributed by atoms with Crippen LogP contribution in [0.25, 0.3) is 0 Å². The SMILES string of the molecule is COCCC(C)NS(=O)(=O)c1ccc(Br)cc1Br. The zero-order chi connectivity index (χ0) is 13.8. The molecule has 0 heterocycles. The van der Waals surface area contributed by atoms with Gasteiger partial charge in [0.05, 0.1) is 4.90 Å². The highest BCUT2D eigenvalue weighted by Gasteiger charge is 2.20. The molecular formula is C11H15Br2NO3S. The smallest absolute Gasteiger partial charge is 0.241 e. The summed E-state index contributed by atoms with van der Waals surface area (Å²) in [6, 6.07) is 4.78. The topological polar surface area (TPSA) is 55.4 Å². The zero-order valence-electron chi connectivity index (χ0n) is 10.1. The molecule has 0 spiro atoms. The van der Waals surface area contributed by atoms with Gasteiger partial charge in [0.25, 0.3) is 0 Å². The predicted octanol–water partition coefficient (Wildman–Crippen LogP) is 2.91. The number of hydrogen-bond acceptors (Lipinski definition) is 3. The Labute approximate surface area is 124 Å². The van der Waals surface area contributed by atoms with Crippen LogP contribution in [0, 0.1) is 0 Å². The van der Waals surface area contributed by atoms with Crippen molar-refractivity contribution in [2.24, 2.45) is 0 Å². The van der Waals surface area contributed by atoms with E-state index >= 15 is 0 Å². The molecule has 0 saturated carbocycles. The lowest BCUT2D eigenvalue weighted by molar-refractivity contribution is 0.188. The van der Waals surface area contributed by atoms with Crippen LogP contribution in [-0.4, -0.2) is 28.2 Å². The fourth-order valence-corrected chi connectivity index (χ4v) is 4.40. The molecule has 0 radical (unpaired) electrons. The predicted molar refractivity (Wildman–Crippen MR) is 78.1 cm³/mol. The molecule has 102 valence electrons. The van der Waals surface area contributed by atoms with E-state index in [1.807, 2.05) is 6.92 Å². The molecule has 1 rings (SSSR count). The Morgan fingerprint density at radius 2 is 2.06 bits per heavy atom. The quantitative estimate of drug-likeness (QED) is 0.798. The minimum atomic E-state index is -3.51. The van der Waals surface area contributed by atoms with E-state index in [9.17, 15) is 8.42 Å². The molecule has 1 aromatic rings. The summed E-state index contributed by atoms with van der Waals surface area (Å²) in [6.07, 6.45) is 0.629. The van der Waals surface area contributed by atoms with Crippen molar-refractivity contribution >= 4 is 41.9 Å². The van der Waals surface area contributed by atoms with Gasteiger partial charge in [0.2, 0.25) is 10.0 Å². The van der Waals surface area contributed by atoms with Crippen molar-refractivity contribution < 1.29 is 13.2 Å². The number of rotatable bonds is 6. The standard InChI is InChI=1S/C11H15Br2NO3S/c1-8(5-6-17-2)14-18(15,16)11-4-3-9(12)7-10(11)13/h3-4,7-8,14H,5-6H2,1-2H3. The van der Waals surface area contributed by atoms with Crippen LogP contribution in [0.3, 0.4) is 0 Å². The molecule has 1 aromatic carbocycles. The van der Waals surface area contributed by atoms with Crippen molar-refractivity contribution in [1.29, 1.82) is 0 Å². The lowest BCUT2D eigenvalue weighted by Crippen LogP contribution is -2.33. The lowest BCUT2D eigenvalue weighted by Gasteiger charge is -2.14. The van der Waals surface area contributed by atoms with Crippen molar-refractivity contribution in [1.82, 2.24) is 4.72 Å². The highest BCUT2D eigenvalue weighted by Crippen LogP contribution is 2.25. The molecule has 1 atom stereocenters. The van der Waals surface area contributed by atoms with Gasteiger partial charge in [-0.2, -0.15) is 0 Å². The van der Waals surface area contributed by atoms with E-state index in [1.165, 1.54) is 0 Å². The van der Waals surface area contributed by atoms with Crippen LogP contribution < -0.4 is 4.72 Å². The number of nitrogens with one attached hydrogen (secondary N) is 1. The second-order valence-electron chi connectivity index (χ2n) is 3.88. The highest BCUT2D eigenvalue weighted by atomic mass is 79.9. The fourth-order valence-electron chi connectivity index (χ4n) is 1.38. The van der Waals surface area contributed by atoms with Crippen LogP contribution in [0.15, 0.2) is 32.0 Å². The molecule has 0 amide bonds. The molecule has 7 heteroatoms. The molecular weight excluding hydrogens is 386 g/mol. The Bertz CT molecular complexity index is 505. The van der Waals surface area contributed by atoms with Gasteiger partial charge in [0.15, 0.2) is 0 Å². The fraction of sp³-hybridized carbons (Fsp3) is 0.455. The van der Waals surface area contributed by atoms with E-state index in [-0.39, 0.29) is 10.9 Å². The van der Waals surface area contributed by atoms with Crippen LogP contribution in [0.5, 0.6) is 0 Å². The maximum Gasteiger partial charge on any atom is 0.241 e. The van der Waals surface area contributed by atoms with Crippen LogP contribution >= 0.6 is 31.9 Å². The average Bonchev–Trinajstić information content (AvgIpc) is 2.25. The van der Waals surface area contributed by atoms with Crippen molar-refractivity contribution in [3.63, 3.8) is 0 Å². The summed E-state index contributed by atoms with van der Waals surface area (Å²) in [7, 11) is -1.92. The van der Waals surface area contributed by atoms with Gasteiger partial charge in [-0.1, -0.05) is 15.9 Å². The summed E-state index contributed by atoms with van der Waals surface area (Å²) in [4.78, 5) is 0.231. The molecule has 0 aliphatic carbocycles. The molecule has 4 nitrogen and oxygen atoms in total. The van der Waals surface area contributed by atoms with Crippen LogP contribution in [0.4, 0.5) is 0 Å². The lowest BCUT2D eigenvalue weighted by atomic mass is 10.3. The maximum atomic E-state index is 12.1. The van der Waals surface area contributed by atoms with Crippen LogP contribution in [-0.2, 0) is 14.8 Å². The molecule has 0 bridgehead atoms. The minimum Gasteiger partial charge on any atom is -0.385 e. The highest BCUT2D eigenvalue weighted by molar-refractivity contribution is 9.11. The minimum absolute atomic E-state index is 0.175. The normalized spacial score (nSPS) is 13.6. The Morgan fingerprint density at radius 3 is 2.61 bits per heavy atom.